The molecular weight excluding hydrogens is 129 g/mol. The Kier molecular flexibility index (Phi) is 12.6. The Morgan fingerprint density at radius 3 is 1.12 bits per heavy atom. The van der Waals surface area contributed by atoms with Crippen molar-refractivity contribution in [1.29, 1.82) is 0 Å². The van der Waals surface area contributed by atoms with Crippen LogP contribution in [-0.2, 0) is 9.59 Å². The van der Waals surface area contributed by atoms with Crippen LogP contribution in [0, 0.1) is 0 Å². The molecule has 0 aliphatic carbocycles. The van der Waals surface area contributed by atoms with E-state index in [1.165, 1.54) is 0 Å². The van der Waals surface area contributed by atoms with E-state index in [1.54, 1.807) is 0 Å². The van der Waals surface area contributed by atoms with E-state index < -0.39 is 11.9 Å². The number of hydrogen-bond acceptors (Lipinski definition) is 5. The fourth-order valence-corrected chi connectivity index (χ4v) is 0. The molecular formula is C2H3AlNO4+. The molecule has 0 fully saturated rings. The second-order valence-corrected chi connectivity index (χ2v) is 0.575. The average molecular weight is 132 g/mol. The van der Waals surface area contributed by atoms with E-state index in [4.69, 9.17) is 19.8 Å². The zero-order chi connectivity index (χ0) is 5.15. The minimum atomic E-state index is -2.19. The van der Waals surface area contributed by atoms with E-state index >= 15 is 0 Å². The molecule has 0 aliphatic rings. The summed E-state index contributed by atoms with van der Waals surface area (Å²) in [5, 5.41) is 17.9. The van der Waals surface area contributed by atoms with Crippen LogP contribution in [0.15, 0.2) is 0 Å². The molecule has 0 radical (unpaired) electrons. The minimum Gasteiger partial charge on any atom is -0.543 e. The smallest absolute Gasteiger partial charge is 0.543 e. The second kappa shape index (κ2) is 6.43. The van der Waals surface area contributed by atoms with Crippen molar-refractivity contribution < 1.29 is 19.8 Å². The summed E-state index contributed by atoms with van der Waals surface area (Å²) in [4.78, 5) is 17.9. The molecule has 0 heterocycles. The molecule has 0 aromatic rings. The Bertz CT molecular complexity index is 80.0. The SMILES string of the molecule is N.O=C([O-])C(=O)[O-].[Al+3]. The number of rotatable bonds is 0. The fraction of sp³-hybridized carbons (Fsp3) is 0. The number of carboxylic acids is 2. The molecule has 0 unspecified atom stereocenters. The van der Waals surface area contributed by atoms with E-state index in [1.807, 2.05) is 0 Å². The maximum Gasteiger partial charge on any atom is 3.00 e. The van der Waals surface area contributed by atoms with Gasteiger partial charge in [0.15, 0.2) is 0 Å². The van der Waals surface area contributed by atoms with Gasteiger partial charge >= 0.3 is 17.4 Å². The van der Waals surface area contributed by atoms with Gasteiger partial charge in [-0.3, -0.25) is 0 Å². The van der Waals surface area contributed by atoms with Crippen LogP contribution in [0.3, 0.4) is 0 Å². The Morgan fingerprint density at radius 2 is 1.12 bits per heavy atom. The number of carbonyl (C=O) groups is 2. The molecule has 0 aromatic heterocycles. The van der Waals surface area contributed by atoms with Crippen LogP contribution in [0.2, 0.25) is 0 Å². The standard InChI is InChI=1S/C2H2O4.Al.H3N/c3-1(4)2(5)6;;/h(H,3,4)(H,5,6);;1H3/q;+3;/p-2. The number of aliphatic carboxylic acids is 2. The van der Waals surface area contributed by atoms with Crippen LogP contribution in [0.4, 0.5) is 0 Å². The van der Waals surface area contributed by atoms with Crippen molar-refractivity contribution in [3.05, 3.63) is 0 Å². The quantitative estimate of drug-likeness (QED) is 0.268. The van der Waals surface area contributed by atoms with Gasteiger partial charge < -0.3 is 26.0 Å². The molecule has 0 bridgehead atoms. The predicted molar refractivity (Wildman–Crippen MR) is 20.8 cm³/mol. The molecule has 0 aromatic carbocycles. The van der Waals surface area contributed by atoms with Crippen molar-refractivity contribution in [3.8, 4) is 0 Å². The van der Waals surface area contributed by atoms with Gasteiger partial charge in [-0.1, -0.05) is 0 Å². The molecule has 8 heavy (non-hydrogen) atoms. The Balaban J connectivity index is -0.000000125. The molecule has 0 rings (SSSR count). The summed E-state index contributed by atoms with van der Waals surface area (Å²) in [5.41, 5.74) is 0. The van der Waals surface area contributed by atoms with E-state index in [-0.39, 0.29) is 23.5 Å². The van der Waals surface area contributed by atoms with Gasteiger partial charge in [-0.15, -0.1) is 0 Å². The zero-order valence-electron chi connectivity index (χ0n) is 3.92. The van der Waals surface area contributed by atoms with Gasteiger partial charge in [0, 0.05) is 0 Å². The molecule has 0 spiro atoms. The molecule has 0 aliphatic heterocycles. The van der Waals surface area contributed by atoms with E-state index in [2.05, 4.69) is 0 Å². The van der Waals surface area contributed by atoms with Gasteiger partial charge in [0.2, 0.25) is 0 Å². The van der Waals surface area contributed by atoms with Gasteiger partial charge in [0.25, 0.3) is 0 Å². The second-order valence-electron chi connectivity index (χ2n) is 0.575. The van der Waals surface area contributed by atoms with Gasteiger partial charge in [-0.2, -0.15) is 0 Å². The molecule has 6 heteroatoms. The molecule has 0 saturated heterocycles. The van der Waals surface area contributed by atoms with Crippen molar-refractivity contribution in [1.82, 2.24) is 6.15 Å². The normalized spacial score (nSPS) is 5.50. The van der Waals surface area contributed by atoms with Crippen molar-refractivity contribution in [2.75, 3.05) is 0 Å². The van der Waals surface area contributed by atoms with Crippen molar-refractivity contribution in [3.63, 3.8) is 0 Å². The third-order valence-electron chi connectivity index (χ3n) is 0.167. The fourth-order valence-electron chi connectivity index (χ4n) is 0. The molecule has 42 valence electrons. The Labute approximate surface area is 56.0 Å². The molecule has 3 N–H and O–H groups in total. The number of hydrogen-bond donors (Lipinski definition) is 1. The zero-order valence-corrected chi connectivity index (χ0v) is 5.07. The molecule has 5 nitrogen and oxygen atoms in total. The summed E-state index contributed by atoms with van der Waals surface area (Å²) >= 11 is 0. The largest absolute Gasteiger partial charge is 3.00 e. The van der Waals surface area contributed by atoms with Crippen molar-refractivity contribution in [2.45, 2.75) is 0 Å². The minimum absolute atomic E-state index is 0. The third-order valence-corrected chi connectivity index (χ3v) is 0.167. The van der Waals surface area contributed by atoms with Crippen LogP contribution in [0.5, 0.6) is 0 Å². The monoisotopic (exact) mass is 132 g/mol. The maximum atomic E-state index is 8.93. The van der Waals surface area contributed by atoms with Gasteiger partial charge in [0.05, 0.1) is 11.9 Å². The van der Waals surface area contributed by atoms with Crippen molar-refractivity contribution in [2.24, 2.45) is 0 Å². The number of carbonyl (C=O) groups excluding carboxylic acids is 2. The summed E-state index contributed by atoms with van der Waals surface area (Å²) in [7, 11) is 0. The maximum absolute atomic E-state index is 8.93. The van der Waals surface area contributed by atoms with Crippen LogP contribution < -0.4 is 16.4 Å². The first-order valence-electron chi connectivity index (χ1n) is 1.07. The predicted octanol–water partition coefficient (Wildman–Crippen LogP) is -3.73. The summed E-state index contributed by atoms with van der Waals surface area (Å²) in [5.74, 6) is -4.37. The van der Waals surface area contributed by atoms with Crippen LogP contribution >= 0.6 is 0 Å². The van der Waals surface area contributed by atoms with Crippen LogP contribution in [0.1, 0.15) is 0 Å². The summed E-state index contributed by atoms with van der Waals surface area (Å²) < 4.78 is 0. The average Bonchev–Trinajstić information content (AvgIpc) is 1.36. The molecule has 0 amide bonds. The van der Waals surface area contributed by atoms with Crippen LogP contribution in [0.25, 0.3) is 0 Å². The first-order valence-corrected chi connectivity index (χ1v) is 1.07. The molecule has 0 saturated carbocycles. The first kappa shape index (κ1) is 15.7. The Hall–Kier alpha value is -0.568. The van der Waals surface area contributed by atoms with Gasteiger partial charge in [-0.25, -0.2) is 0 Å². The van der Waals surface area contributed by atoms with E-state index in [0.29, 0.717) is 0 Å². The van der Waals surface area contributed by atoms with E-state index in [9.17, 15) is 0 Å². The van der Waals surface area contributed by atoms with Crippen LogP contribution in [-0.4, -0.2) is 29.3 Å². The van der Waals surface area contributed by atoms with Gasteiger partial charge in [0.1, 0.15) is 0 Å². The third kappa shape index (κ3) is 9.06. The van der Waals surface area contributed by atoms with Gasteiger partial charge in [-0.05, 0) is 0 Å². The van der Waals surface area contributed by atoms with E-state index in [0.717, 1.165) is 0 Å². The first-order chi connectivity index (χ1) is 2.64. The summed E-state index contributed by atoms with van der Waals surface area (Å²) in [6, 6.07) is 0. The van der Waals surface area contributed by atoms with Crippen molar-refractivity contribution >= 4 is 29.3 Å². The summed E-state index contributed by atoms with van der Waals surface area (Å²) in [6.45, 7) is 0. The Morgan fingerprint density at radius 1 is 1.00 bits per heavy atom. The molecule has 0 atom stereocenters. The topological polar surface area (TPSA) is 115 Å². The number of carboxylic acid groups (broad SMARTS) is 2. The summed E-state index contributed by atoms with van der Waals surface area (Å²) in [6.07, 6.45) is 0.